The van der Waals surface area contributed by atoms with E-state index in [9.17, 15) is 26.4 Å². The van der Waals surface area contributed by atoms with Crippen molar-refractivity contribution in [1.82, 2.24) is 24.4 Å². The number of carbonyl (C=O) groups excluding carboxylic acids is 1. The molecule has 0 spiro atoms. The van der Waals surface area contributed by atoms with E-state index in [4.69, 9.17) is 16.6 Å². The number of aliphatic imine (C=N–C) groups is 1. The van der Waals surface area contributed by atoms with Gasteiger partial charge in [-0.1, -0.05) is 17.7 Å². The van der Waals surface area contributed by atoms with Gasteiger partial charge in [-0.2, -0.15) is 13.9 Å². The lowest BCUT2D eigenvalue weighted by molar-refractivity contribution is -0.137. The highest BCUT2D eigenvalue weighted by Gasteiger charge is 2.42. The molecule has 5 rings (SSSR count). The molecular weight excluding hydrogens is 581 g/mol. The molecule has 0 aliphatic carbocycles. The molecule has 206 valence electrons. The smallest absolute Gasteiger partial charge is 0.333 e. The zero-order chi connectivity index (χ0) is 27.9. The first-order chi connectivity index (χ1) is 18.6. The number of nitrogens with zero attached hydrogens (tertiary/aromatic N) is 5. The molecule has 0 amide bonds. The van der Waals surface area contributed by atoms with Crippen LogP contribution in [0.2, 0.25) is 5.02 Å². The third-order valence-electron chi connectivity index (χ3n) is 6.11. The Kier molecular flexibility index (Phi) is 7.50. The number of amidine groups is 1. The van der Waals surface area contributed by atoms with E-state index in [-0.39, 0.29) is 23.7 Å². The number of ether oxygens (including phenoxy) is 1. The number of hydrogen-bond acceptors (Lipinski definition) is 9. The summed E-state index contributed by atoms with van der Waals surface area (Å²) < 4.78 is 73.5. The van der Waals surface area contributed by atoms with Crippen LogP contribution in [0.15, 0.2) is 52.7 Å². The molecule has 10 nitrogen and oxygen atoms in total. The predicted octanol–water partition coefficient (Wildman–Crippen LogP) is 3.61. The summed E-state index contributed by atoms with van der Waals surface area (Å²) in [7, 11) is -2.98. The maximum absolute atomic E-state index is 13.9. The maximum Gasteiger partial charge on any atom is 0.333 e. The summed E-state index contributed by atoms with van der Waals surface area (Å²) in [5.41, 5.74) is 1.51. The molecule has 1 saturated heterocycles. The van der Waals surface area contributed by atoms with Gasteiger partial charge in [0.05, 0.1) is 12.8 Å². The average Bonchev–Trinajstić information content (AvgIpc) is 3.63. The highest BCUT2D eigenvalue weighted by Crippen LogP contribution is 2.46. The lowest BCUT2D eigenvalue weighted by Crippen LogP contribution is -2.41. The Labute approximate surface area is 229 Å². The molecule has 2 aliphatic rings. The van der Waals surface area contributed by atoms with Gasteiger partial charge in [0.15, 0.2) is 16.6 Å². The van der Waals surface area contributed by atoms with Crippen molar-refractivity contribution in [2.45, 2.75) is 25.1 Å². The van der Waals surface area contributed by atoms with Crippen molar-refractivity contribution in [1.29, 1.82) is 0 Å². The standard InChI is InChI=1S/C23H20ClF3N6O4S2/c1-37-18(34)11-39(35,36)31-13-9-17-19(16-4-6-33(30-16)23(26)27)20(14-3-2-12(25)8-15(14)24)29-21(32(17)10-13)22-28-5-7-38-22/h2-8,13,20,23,31H,9-11H2,1H3/t13-,20-/m0/s1. The van der Waals surface area contributed by atoms with Gasteiger partial charge in [0.25, 0.3) is 0 Å². The molecule has 0 unspecified atom stereocenters. The first-order valence-electron chi connectivity index (χ1n) is 11.4. The second-order valence-corrected chi connectivity index (χ2v) is 11.7. The number of hydrogen-bond donors (Lipinski definition) is 1. The highest BCUT2D eigenvalue weighted by molar-refractivity contribution is 7.90. The average molecular weight is 601 g/mol. The number of aromatic nitrogens is 3. The van der Waals surface area contributed by atoms with E-state index in [0.29, 0.717) is 32.4 Å². The summed E-state index contributed by atoms with van der Waals surface area (Å²) in [6.45, 7) is -2.79. The molecule has 1 aromatic carbocycles. The number of alkyl halides is 2. The Bertz CT molecular complexity index is 1580. The van der Waals surface area contributed by atoms with Crippen LogP contribution in [-0.4, -0.2) is 65.3 Å². The lowest BCUT2D eigenvalue weighted by atomic mass is 9.92. The Morgan fingerprint density at radius 2 is 2.13 bits per heavy atom. The van der Waals surface area contributed by atoms with E-state index < -0.39 is 46.2 Å². The molecule has 0 bridgehead atoms. The van der Waals surface area contributed by atoms with E-state index in [0.717, 1.165) is 19.4 Å². The second-order valence-electron chi connectivity index (χ2n) is 8.64. The van der Waals surface area contributed by atoms with Crippen molar-refractivity contribution in [2.24, 2.45) is 4.99 Å². The van der Waals surface area contributed by atoms with Crippen molar-refractivity contribution >= 4 is 50.3 Å². The first kappa shape index (κ1) is 27.3. The predicted molar refractivity (Wildman–Crippen MR) is 137 cm³/mol. The molecular formula is C23H20ClF3N6O4S2. The van der Waals surface area contributed by atoms with Crippen LogP contribution >= 0.6 is 22.9 Å². The van der Waals surface area contributed by atoms with Crippen LogP contribution < -0.4 is 4.72 Å². The molecule has 2 aliphatic heterocycles. The van der Waals surface area contributed by atoms with Crippen LogP contribution in [0.4, 0.5) is 13.2 Å². The van der Waals surface area contributed by atoms with Gasteiger partial charge < -0.3 is 9.64 Å². The number of halogens is 4. The number of nitrogens with one attached hydrogen (secondary N) is 1. The second kappa shape index (κ2) is 10.7. The lowest BCUT2D eigenvalue weighted by Gasteiger charge is -2.32. The normalized spacial score (nSPS) is 19.4. The van der Waals surface area contributed by atoms with Gasteiger partial charge in [-0.25, -0.2) is 27.2 Å². The summed E-state index contributed by atoms with van der Waals surface area (Å²) in [6, 6.07) is 3.58. The molecule has 1 fully saturated rings. The van der Waals surface area contributed by atoms with Gasteiger partial charge in [-0.3, -0.25) is 9.79 Å². The molecule has 0 radical (unpaired) electrons. The fourth-order valence-corrected chi connectivity index (χ4v) is 6.63. The summed E-state index contributed by atoms with van der Waals surface area (Å²) in [5.74, 6) is -1.96. The summed E-state index contributed by atoms with van der Waals surface area (Å²) in [6.07, 6.45) is 2.81. The van der Waals surface area contributed by atoms with Crippen molar-refractivity contribution in [3.05, 3.63) is 74.8 Å². The Hall–Kier alpha value is -3.27. The third kappa shape index (κ3) is 5.57. The molecule has 16 heteroatoms. The molecule has 2 aromatic heterocycles. The summed E-state index contributed by atoms with van der Waals surface area (Å²) >= 11 is 7.72. The van der Waals surface area contributed by atoms with E-state index >= 15 is 0 Å². The number of sulfonamides is 1. The minimum atomic E-state index is -4.07. The molecule has 4 heterocycles. The Morgan fingerprint density at radius 1 is 1.33 bits per heavy atom. The number of fused-ring (bicyclic) bond motifs is 1. The fourth-order valence-electron chi connectivity index (χ4n) is 4.54. The van der Waals surface area contributed by atoms with Crippen molar-refractivity contribution in [3.63, 3.8) is 0 Å². The van der Waals surface area contributed by atoms with Crippen LogP contribution in [0.25, 0.3) is 5.57 Å². The number of rotatable bonds is 8. The summed E-state index contributed by atoms with van der Waals surface area (Å²) in [5, 5.41) is 6.37. The van der Waals surface area contributed by atoms with Gasteiger partial charge in [-0.05, 0) is 18.2 Å². The SMILES string of the molecule is COC(=O)CS(=O)(=O)N[C@H]1CC2=C(c3ccn(C(F)F)n3)[C@H](c3ccc(F)cc3Cl)N=C(c3nccs3)N2C1. The van der Waals surface area contributed by atoms with E-state index in [1.807, 2.05) is 0 Å². The Balaban J connectivity index is 1.65. The molecule has 1 N–H and O–H groups in total. The van der Waals surface area contributed by atoms with Crippen LogP contribution in [0.3, 0.4) is 0 Å². The maximum atomic E-state index is 13.9. The summed E-state index contributed by atoms with van der Waals surface area (Å²) in [4.78, 5) is 22.6. The topological polar surface area (TPSA) is 119 Å². The van der Waals surface area contributed by atoms with Gasteiger partial charge in [0.2, 0.25) is 10.0 Å². The minimum Gasteiger partial charge on any atom is -0.468 e. The number of methoxy groups -OCH3 is 1. The number of carbonyl (C=O) groups is 1. The van der Waals surface area contributed by atoms with Crippen LogP contribution in [-0.2, 0) is 19.6 Å². The molecule has 3 aromatic rings. The van der Waals surface area contributed by atoms with Gasteiger partial charge in [0, 0.05) is 58.6 Å². The first-order valence-corrected chi connectivity index (χ1v) is 14.3. The minimum absolute atomic E-state index is 0.0652. The molecule has 39 heavy (non-hydrogen) atoms. The fraction of sp³-hybridized carbons (Fsp3) is 0.304. The van der Waals surface area contributed by atoms with Gasteiger partial charge in [0.1, 0.15) is 11.9 Å². The third-order valence-corrected chi connectivity index (χ3v) is 8.51. The zero-order valence-corrected chi connectivity index (χ0v) is 22.5. The van der Waals surface area contributed by atoms with Gasteiger partial charge in [-0.15, -0.1) is 11.3 Å². The van der Waals surface area contributed by atoms with Gasteiger partial charge >= 0.3 is 12.5 Å². The highest BCUT2D eigenvalue weighted by atomic mass is 35.5. The molecule has 2 atom stereocenters. The van der Waals surface area contributed by atoms with E-state index in [1.54, 1.807) is 16.5 Å². The molecule has 0 saturated carbocycles. The van der Waals surface area contributed by atoms with E-state index in [1.165, 1.54) is 29.5 Å². The van der Waals surface area contributed by atoms with E-state index in [2.05, 4.69) is 19.5 Å². The van der Waals surface area contributed by atoms with Crippen LogP contribution in [0.5, 0.6) is 0 Å². The van der Waals surface area contributed by atoms with Crippen LogP contribution in [0, 0.1) is 5.82 Å². The van der Waals surface area contributed by atoms with Crippen molar-refractivity contribution in [3.8, 4) is 0 Å². The quantitative estimate of drug-likeness (QED) is 0.392. The van der Waals surface area contributed by atoms with Crippen molar-refractivity contribution in [2.75, 3.05) is 19.4 Å². The number of benzene rings is 1. The zero-order valence-electron chi connectivity index (χ0n) is 20.1. The monoisotopic (exact) mass is 600 g/mol. The van der Waals surface area contributed by atoms with Crippen molar-refractivity contribution < 1.29 is 31.1 Å². The Morgan fingerprint density at radius 3 is 2.77 bits per heavy atom. The number of thiazole rings is 1. The number of esters is 1. The largest absolute Gasteiger partial charge is 0.468 e. The van der Waals surface area contributed by atoms with Crippen LogP contribution in [0.1, 0.15) is 35.3 Å².